The highest BCUT2D eigenvalue weighted by Crippen LogP contribution is 2.37. The Morgan fingerprint density at radius 3 is 2.71 bits per heavy atom. The van der Waals surface area contributed by atoms with Gasteiger partial charge in [0.1, 0.15) is 5.58 Å². The number of benzene rings is 2. The van der Waals surface area contributed by atoms with Crippen molar-refractivity contribution in [3.05, 3.63) is 53.6 Å². The Labute approximate surface area is 161 Å². The average Bonchev–Trinajstić information content (AvgIpc) is 3.34. The Kier molecular flexibility index (Phi) is 4.71. The number of nitrogens with one attached hydrogen (secondary N) is 2. The number of rotatable bonds is 5. The largest absolute Gasteiger partial charge is 0.453 e. The van der Waals surface area contributed by atoms with Crippen LogP contribution in [0.5, 0.6) is 0 Å². The van der Waals surface area contributed by atoms with Gasteiger partial charge in [0, 0.05) is 22.5 Å². The topological polar surface area (TPSA) is 79.6 Å². The first-order valence-corrected chi connectivity index (χ1v) is 9.42. The normalized spacial score (nSPS) is 11.9. The van der Waals surface area contributed by atoms with Crippen LogP contribution < -0.4 is 5.32 Å². The number of anilines is 1. The standard InChI is InChI=1S/C18H14F3N5OS/c1-28-16-5-4-12(8-13(16)18(19,20)21)22-9-10-2-3-11-7-15(27-14(11)6-10)17-23-25-26-24-17/h2-8,22H,9H2,1H3,(H,23,24,25,26). The molecule has 0 saturated heterocycles. The minimum Gasteiger partial charge on any atom is -0.453 e. The van der Waals surface area contributed by atoms with Crippen LogP contribution in [0.25, 0.3) is 22.6 Å². The summed E-state index contributed by atoms with van der Waals surface area (Å²) in [5, 5.41) is 17.5. The summed E-state index contributed by atoms with van der Waals surface area (Å²) in [6, 6.07) is 11.6. The van der Waals surface area contributed by atoms with Gasteiger partial charge in [-0.1, -0.05) is 12.1 Å². The monoisotopic (exact) mass is 405 g/mol. The Hall–Kier alpha value is -3.01. The second-order valence-corrected chi connectivity index (χ2v) is 6.83. The zero-order valence-electron chi connectivity index (χ0n) is 14.5. The number of H-pyrrole nitrogens is 1. The van der Waals surface area contributed by atoms with Gasteiger partial charge in [-0.25, -0.2) is 0 Å². The number of furan rings is 1. The van der Waals surface area contributed by atoms with Crippen LogP contribution in [-0.4, -0.2) is 26.9 Å². The molecule has 0 aliphatic carbocycles. The predicted molar refractivity (Wildman–Crippen MR) is 99.9 cm³/mol. The van der Waals surface area contributed by atoms with Crippen molar-refractivity contribution >= 4 is 28.4 Å². The smallest absolute Gasteiger partial charge is 0.417 e. The molecule has 0 fully saturated rings. The summed E-state index contributed by atoms with van der Waals surface area (Å²) < 4.78 is 45.3. The minimum absolute atomic E-state index is 0.198. The molecule has 0 unspecified atom stereocenters. The summed E-state index contributed by atoms with van der Waals surface area (Å²) in [7, 11) is 0. The predicted octanol–water partition coefficient (Wildman–Crippen LogP) is 4.97. The second-order valence-electron chi connectivity index (χ2n) is 5.98. The first kappa shape index (κ1) is 18.4. The third-order valence-electron chi connectivity index (χ3n) is 4.15. The molecule has 0 bridgehead atoms. The van der Waals surface area contributed by atoms with Gasteiger partial charge in [0.05, 0.1) is 5.56 Å². The zero-order valence-corrected chi connectivity index (χ0v) is 15.4. The molecule has 0 atom stereocenters. The maximum absolute atomic E-state index is 13.2. The van der Waals surface area contributed by atoms with Crippen molar-refractivity contribution in [1.82, 2.24) is 20.6 Å². The Morgan fingerprint density at radius 1 is 1.14 bits per heavy atom. The molecule has 2 heterocycles. The highest BCUT2D eigenvalue weighted by atomic mass is 32.2. The number of aromatic nitrogens is 4. The number of tetrazole rings is 1. The van der Waals surface area contributed by atoms with Gasteiger partial charge in [-0.05, 0) is 47.4 Å². The van der Waals surface area contributed by atoms with Crippen LogP contribution in [-0.2, 0) is 12.7 Å². The van der Waals surface area contributed by atoms with Crippen LogP contribution in [0.3, 0.4) is 0 Å². The van der Waals surface area contributed by atoms with Crippen molar-refractivity contribution in [2.75, 3.05) is 11.6 Å². The molecule has 0 radical (unpaired) electrons. The minimum atomic E-state index is -4.39. The van der Waals surface area contributed by atoms with Gasteiger partial charge < -0.3 is 9.73 Å². The van der Waals surface area contributed by atoms with E-state index in [-0.39, 0.29) is 4.90 Å². The van der Waals surface area contributed by atoms with E-state index in [9.17, 15) is 13.2 Å². The first-order valence-electron chi connectivity index (χ1n) is 8.19. The third-order valence-corrected chi connectivity index (χ3v) is 4.95. The van der Waals surface area contributed by atoms with E-state index < -0.39 is 11.7 Å². The Balaban J connectivity index is 1.54. The van der Waals surface area contributed by atoms with E-state index in [1.54, 1.807) is 18.4 Å². The lowest BCUT2D eigenvalue weighted by molar-refractivity contribution is -0.139. The van der Waals surface area contributed by atoms with Crippen molar-refractivity contribution in [1.29, 1.82) is 0 Å². The second kappa shape index (κ2) is 7.19. The number of halogens is 3. The van der Waals surface area contributed by atoms with Gasteiger partial charge in [-0.3, -0.25) is 0 Å². The highest BCUT2D eigenvalue weighted by molar-refractivity contribution is 7.98. The van der Waals surface area contributed by atoms with Crippen molar-refractivity contribution < 1.29 is 17.6 Å². The third kappa shape index (κ3) is 3.68. The van der Waals surface area contributed by atoms with E-state index in [1.165, 1.54) is 6.07 Å². The van der Waals surface area contributed by atoms with Crippen LogP contribution in [0, 0.1) is 0 Å². The average molecular weight is 405 g/mol. The molecule has 10 heteroatoms. The van der Waals surface area contributed by atoms with Crippen LogP contribution >= 0.6 is 11.8 Å². The zero-order chi connectivity index (χ0) is 19.7. The molecule has 28 heavy (non-hydrogen) atoms. The molecule has 0 aliphatic heterocycles. The number of aromatic amines is 1. The summed E-state index contributed by atoms with van der Waals surface area (Å²) in [6.45, 7) is 0.351. The molecular formula is C18H14F3N5OS. The summed E-state index contributed by atoms with van der Waals surface area (Å²) in [5.74, 6) is 0.834. The van der Waals surface area contributed by atoms with E-state index in [0.717, 1.165) is 28.8 Å². The maximum atomic E-state index is 13.2. The van der Waals surface area contributed by atoms with E-state index in [4.69, 9.17) is 4.42 Å². The van der Waals surface area contributed by atoms with Crippen molar-refractivity contribution in [3.8, 4) is 11.6 Å². The fraction of sp³-hybridized carbons (Fsp3) is 0.167. The highest BCUT2D eigenvalue weighted by Gasteiger charge is 2.33. The molecule has 0 aliphatic rings. The van der Waals surface area contributed by atoms with Crippen LogP contribution in [0.15, 0.2) is 51.8 Å². The van der Waals surface area contributed by atoms with Gasteiger partial charge >= 0.3 is 6.18 Å². The van der Waals surface area contributed by atoms with Gasteiger partial charge in [0.15, 0.2) is 5.76 Å². The van der Waals surface area contributed by atoms with Crippen molar-refractivity contribution in [3.63, 3.8) is 0 Å². The van der Waals surface area contributed by atoms with E-state index >= 15 is 0 Å². The Bertz CT molecular complexity index is 1110. The molecule has 6 nitrogen and oxygen atoms in total. The van der Waals surface area contributed by atoms with Gasteiger partial charge in [-0.15, -0.1) is 22.0 Å². The molecule has 2 aromatic heterocycles. The molecule has 0 saturated carbocycles. The number of thioether (sulfide) groups is 1. The number of nitrogens with zero attached hydrogens (tertiary/aromatic N) is 3. The maximum Gasteiger partial charge on any atom is 0.417 e. The number of hydrogen-bond donors (Lipinski definition) is 2. The summed E-state index contributed by atoms with van der Waals surface area (Å²) in [5.41, 5.74) is 1.25. The van der Waals surface area contributed by atoms with Gasteiger partial charge in [0.2, 0.25) is 5.82 Å². The fourth-order valence-electron chi connectivity index (χ4n) is 2.81. The SMILES string of the molecule is CSc1ccc(NCc2ccc3cc(-c4nn[nH]n4)oc3c2)cc1C(F)(F)F. The Morgan fingerprint density at radius 2 is 2.00 bits per heavy atom. The van der Waals surface area contributed by atoms with Crippen molar-refractivity contribution in [2.24, 2.45) is 0 Å². The van der Waals surface area contributed by atoms with Gasteiger partial charge in [0.25, 0.3) is 0 Å². The summed E-state index contributed by atoms with van der Waals surface area (Å²) >= 11 is 1.07. The molecule has 0 amide bonds. The molecular weight excluding hydrogens is 391 g/mol. The summed E-state index contributed by atoms with van der Waals surface area (Å²) in [6.07, 6.45) is -2.77. The lowest BCUT2D eigenvalue weighted by Crippen LogP contribution is -2.08. The lowest BCUT2D eigenvalue weighted by Gasteiger charge is -2.14. The number of hydrogen-bond acceptors (Lipinski definition) is 6. The van der Waals surface area contributed by atoms with Gasteiger partial charge in [-0.2, -0.15) is 18.4 Å². The van der Waals surface area contributed by atoms with Crippen LogP contribution in [0.1, 0.15) is 11.1 Å². The van der Waals surface area contributed by atoms with E-state index in [0.29, 0.717) is 29.4 Å². The number of fused-ring (bicyclic) bond motifs is 1. The molecule has 144 valence electrons. The van der Waals surface area contributed by atoms with Crippen molar-refractivity contribution in [2.45, 2.75) is 17.6 Å². The molecule has 0 spiro atoms. The molecule has 4 aromatic rings. The molecule has 2 aromatic carbocycles. The molecule has 4 rings (SSSR count). The first-order chi connectivity index (χ1) is 13.4. The van der Waals surface area contributed by atoms with Crippen LogP contribution in [0.2, 0.25) is 0 Å². The summed E-state index contributed by atoms with van der Waals surface area (Å²) in [4.78, 5) is 0.198. The fourth-order valence-corrected chi connectivity index (χ4v) is 3.40. The quantitative estimate of drug-likeness (QED) is 0.457. The van der Waals surface area contributed by atoms with Crippen LogP contribution in [0.4, 0.5) is 18.9 Å². The van der Waals surface area contributed by atoms with E-state index in [1.807, 2.05) is 18.2 Å². The number of alkyl halides is 3. The lowest BCUT2D eigenvalue weighted by atomic mass is 10.1. The van der Waals surface area contributed by atoms with E-state index in [2.05, 4.69) is 25.9 Å². The molecule has 2 N–H and O–H groups in total.